The molecule has 1 aliphatic rings. The van der Waals surface area contributed by atoms with Crippen molar-refractivity contribution in [2.45, 2.75) is 39.2 Å². The van der Waals surface area contributed by atoms with Crippen molar-refractivity contribution in [2.75, 3.05) is 12.0 Å². The smallest absolute Gasteiger partial charge is 0.301 e. The maximum Gasteiger partial charge on any atom is 0.301 e. The molecule has 3 aromatic carbocycles. The van der Waals surface area contributed by atoms with E-state index >= 15 is 0 Å². The van der Waals surface area contributed by atoms with Crippen LogP contribution in [0.1, 0.15) is 49.1 Å². The van der Waals surface area contributed by atoms with Crippen molar-refractivity contribution >= 4 is 55.7 Å². The van der Waals surface area contributed by atoms with Crippen LogP contribution in [0, 0.1) is 6.92 Å². The molecule has 1 aromatic heterocycles. The summed E-state index contributed by atoms with van der Waals surface area (Å²) in [4.78, 5) is 33.2. The highest BCUT2D eigenvalue weighted by molar-refractivity contribution is 7.22. The van der Waals surface area contributed by atoms with Crippen LogP contribution in [0.3, 0.4) is 0 Å². The van der Waals surface area contributed by atoms with Gasteiger partial charge in [0, 0.05) is 0 Å². The lowest BCUT2D eigenvalue weighted by molar-refractivity contribution is -0.132. The molecule has 0 radical (unpaired) electrons. The van der Waals surface area contributed by atoms with Gasteiger partial charge in [-0.2, -0.15) is 0 Å². The fraction of sp³-hybridized carbons (Fsp3) is 0.233. The van der Waals surface area contributed by atoms with Crippen molar-refractivity contribution < 1.29 is 19.4 Å². The lowest BCUT2D eigenvalue weighted by Crippen LogP contribution is -2.29. The molecule has 1 amide bonds. The summed E-state index contributed by atoms with van der Waals surface area (Å²) < 4.78 is 6.36. The number of halogens is 1. The van der Waals surface area contributed by atoms with Crippen LogP contribution >= 0.6 is 22.9 Å². The van der Waals surface area contributed by atoms with E-state index in [0.717, 1.165) is 21.3 Å². The molecule has 5 rings (SSSR count). The molecule has 0 spiro atoms. The first-order valence-corrected chi connectivity index (χ1v) is 13.3. The van der Waals surface area contributed by atoms with Crippen LogP contribution in [0.5, 0.6) is 5.75 Å². The van der Waals surface area contributed by atoms with Crippen molar-refractivity contribution in [1.82, 2.24) is 4.98 Å². The van der Waals surface area contributed by atoms with Gasteiger partial charge in [0.05, 0.1) is 39.5 Å². The summed E-state index contributed by atoms with van der Waals surface area (Å²) in [5.74, 6) is -1.68. The van der Waals surface area contributed by atoms with Gasteiger partial charge >= 0.3 is 5.91 Å². The minimum absolute atomic E-state index is 0.0438. The Labute approximate surface area is 230 Å². The van der Waals surface area contributed by atoms with E-state index in [-0.39, 0.29) is 28.1 Å². The number of Topliss-reactive ketones (excluding diaryl/α,β-unsaturated/α-hetero) is 1. The van der Waals surface area contributed by atoms with Gasteiger partial charge in [0.2, 0.25) is 0 Å². The van der Waals surface area contributed by atoms with Gasteiger partial charge in [0.1, 0.15) is 11.5 Å². The van der Waals surface area contributed by atoms with E-state index in [9.17, 15) is 14.7 Å². The Morgan fingerprint density at radius 3 is 2.39 bits per heavy atom. The molecule has 1 aliphatic heterocycles. The molecule has 1 fully saturated rings. The number of benzene rings is 3. The summed E-state index contributed by atoms with van der Waals surface area (Å²) in [6, 6.07) is 17.8. The zero-order valence-electron chi connectivity index (χ0n) is 21.7. The average Bonchev–Trinajstić information content (AvgIpc) is 3.41. The van der Waals surface area contributed by atoms with Crippen molar-refractivity contribution in [3.05, 3.63) is 93.5 Å². The van der Waals surface area contributed by atoms with Gasteiger partial charge in [-0.3, -0.25) is 14.5 Å². The fourth-order valence-electron chi connectivity index (χ4n) is 4.73. The molecule has 0 aliphatic carbocycles. The summed E-state index contributed by atoms with van der Waals surface area (Å²) in [7, 11) is 1.44. The van der Waals surface area contributed by atoms with Gasteiger partial charge in [0.25, 0.3) is 5.78 Å². The van der Waals surface area contributed by atoms with E-state index in [4.69, 9.17) is 16.3 Å². The second-order valence-electron chi connectivity index (χ2n) is 10.3. The highest BCUT2D eigenvalue weighted by Gasteiger charge is 2.48. The van der Waals surface area contributed by atoms with Crippen LogP contribution in [0.15, 0.2) is 66.2 Å². The number of nitrogens with zero attached hydrogens (tertiary/aromatic N) is 2. The number of ketones is 1. The molecule has 0 bridgehead atoms. The third kappa shape index (κ3) is 4.36. The zero-order chi connectivity index (χ0) is 27.4. The number of para-hydroxylation sites is 1. The Bertz CT molecular complexity index is 1580. The van der Waals surface area contributed by atoms with Crippen molar-refractivity contribution in [3.63, 3.8) is 0 Å². The molecule has 4 aromatic rings. The second kappa shape index (κ2) is 9.57. The number of aliphatic hydroxyl groups excluding tert-OH is 1. The predicted molar refractivity (Wildman–Crippen MR) is 152 cm³/mol. The van der Waals surface area contributed by atoms with Gasteiger partial charge in [-0.25, -0.2) is 4.98 Å². The maximum atomic E-state index is 13.6. The third-order valence-electron chi connectivity index (χ3n) is 6.67. The summed E-state index contributed by atoms with van der Waals surface area (Å²) in [5.41, 5.74) is 3.39. The highest BCUT2D eigenvalue weighted by atomic mass is 35.5. The number of rotatable bonds is 4. The third-order valence-corrected chi connectivity index (χ3v) is 7.99. The zero-order valence-corrected chi connectivity index (χ0v) is 23.3. The number of hydrogen-bond donors (Lipinski definition) is 1. The second-order valence-corrected chi connectivity index (χ2v) is 11.7. The number of methoxy groups -OCH3 is 1. The molecule has 38 heavy (non-hydrogen) atoms. The van der Waals surface area contributed by atoms with E-state index in [1.165, 1.54) is 23.3 Å². The number of fused-ring (bicyclic) bond motifs is 1. The van der Waals surface area contributed by atoms with E-state index < -0.39 is 17.7 Å². The fourth-order valence-corrected chi connectivity index (χ4v) is 6.07. The van der Waals surface area contributed by atoms with Crippen LogP contribution in [0.2, 0.25) is 5.02 Å². The number of aliphatic hydroxyl groups is 1. The van der Waals surface area contributed by atoms with Gasteiger partial charge in [-0.05, 0) is 53.3 Å². The quantitative estimate of drug-likeness (QED) is 0.166. The first-order chi connectivity index (χ1) is 18.0. The van der Waals surface area contributed by atoms with Crippen LogP contribution < -0.4 is 9.64 Å². The molecular weight excluding hydrogens is 520 g/mol. The number of hydrogen-bond acceptors (Lipinski definition) is 6. The molecule has 1 saturated heterocycles. The summed E-state index contributed by atoms with van der Waals surface area (Å²) in [6.07, 6.45) is 0. The van der Waals surface area contributed by atoms with Crippen LogP contribution in [0.4, 0.5) is 5.13 Å². The Balaban J connectivity index is 1.76. The Morgan fingerprint density at radius 2 is 1.76 bits per heavy atom. The first kappa shape index (κ1) is 25.9. The molecular formula is C30H27ClN2O4S. The maximum absolute atomic E-state index is 13.6. The number of aryl methyl sites for hydroxylation is 1. The molecule has 1 atom stereocenters. The minimum atomic E-state index is -0.895. The SMILES string of the molecule is COc1c(Cl)cc(C)cc1/C(O)=C1\C(=O)C(=O)N(c2nc3ccccc3s2)C1c1ccc(C(C)(C)C)cc1. The van der Waals surface area contributed by atoms with Crippen LogP contribution in [0.25, 0.3) is 16.0 Å². The van der Waals surface area contributed by atoms with Crippen molar-refractivity contribution in [1.29, 1.82) is 0 Å². The van der Waals surface area contributed by atoms with E-state index in [0.29, 0.717) is 15.7 Å². The van der Waals surface area contributed by atoms with Crippen molar-refractivity contribution in [2.24, 2.45) is 0 Å². The molecule has 194 valence electrons. The van der Waals surface area contributed by atoms with Crippen LogP contribution in [-0.2, 0) is 15.0 Å². The molecule has 1 unspecified atom stereocenters. The number of thiazole rings is 1. The summed E-state index contributed by atoms with van der Waals surface area (Å²) in [5, 5.41) is 12.3. The lowest BCUT2D eigenvalue weighted by atomic mass is 9.85. The number of carbonyl (C=O) groups excluding carboxylic acids is 2. The Kier molecular flexibility index (Phi) is 6.53. The van der Waals surface area contributed by atoms with Gasteiger partial charge in [-0.1, -0.05) is 80.1 Å². The summed E-state index contributed by atoms with van der Waals surface area (Å²) in [6.45, 7) is 8.17. The van der Waals surface area contributed by atoms with E-state index in [1.54, 1.807) is 12.1 Å². The number of ether oxygens (including phenoxy) is 1. The minimum Gasteiger partial charge on any atom is -0.507 e. The van der Waals surface area contributed by atoms with Crippen LogP contribution in [-0.4, -0.2) is 28.9 Å². The first-order valence-electron chi connectivity index (χ1n) is 12.1. The standard InChI is InChI=1S/C30H27ClN2O4S/c1-16-14-19(27(37-5)20(31)15-16)25(34)23-24(17-10-12-18(13-11-17)30(2,3)4)33(28(36)26(23)35)29-32-21-8-6-7-9-22(21)38-29/h6-15,24,34H,1-5H3/b25-23+. The molecule has 1 N–H and O–H groups in total. The normalized spacial score (nSPS) is 17.4. The lowest BCUT2D eigenvalue weighted by Gasteiger charge is -2.25. The molecule has 8 heteroatoms. The van der Waals surface area contributed by atoms with Crippen molar-refractivity contribution in [3.8, 4) is 5.75 Å². The number of aromatic nitrogens is 1. The van der Waals surface area contributed by atoms with Gasteiger partial charge < -0.3 is 9.84 Å². The monoisotopic (exact) mass is 546 g/mol. The van der Waals surface area contributed by atoms with E-state index in [2.05, 4.69) is 25.8 Å². The summed E-state index contributed by atoms with van der Waals surface area (Å²) >= 11 is 7.72. The molecule has 0 saturated carbocycles. The predicted octanol–water partition coefficient (Wildman–Crippen LogP) is 7.19. The number of amides is 1. The number of carbonyl (C=O) groups is 2. The Morgan fingerprint density at radius 1 is 1.08 bits per heavy atom. The molecule has 2 heterocycles. The van der Waals surface area contributed by atoms with E-state index in [1.807, 2.05) is 55.5 Å². The highest BCUT2D eigenvalue weighted by Crippen LogP contribution is 2.46. The molecule has 6 nitrogen and oxygen atoms in total. The number of anilines is 1. The Hall–Kier alpha value is -3.68. The van der Waals surface area contributed by atoms with Gasteiger partial charge in [-0.15, -0.1) is 0 Å². The average molecular weight is 547 g/mol. The van der Waals surface area contributed by atoms with Gasteiger partial charge in [0.15, 0.2) is 5.13 Å². The largest absolute Gasteiger partial charge is 0.507 e. The topological polar surface area (TPSA) is 79.7 Å².